The second-order valence-electron chi connectivity index (χ2n) is 4.20. The molecule has 0 aromatic heterocycles. The van der Waals surface area contributed by atoms with Gasteiger partial charge in [0.15, 0.2) is 5.78 Å². The van der Waals surface area contributed by atoms with E-state index in [9.17, 15) is 9.90 Å². The summed E-state index contributed by atoms with van der Waals surface area (Å²) in [4.78, 5) is 12.1. The SMILES string of the molecule is O=C(c1ccccc1)C(CO)OCc1ccccc1. The molecule has 0 saturated heterocycles. The highest BCUT2D eigenvalue weighted by atomic mass is 16.5. The molecule has 0 radical (unpaired) electrons. The fraction of sp³-hybridized carbons (Fsp3) is 0.188. The van der Waals surface area contributed by atoms with Gasteiger partial charge in [0.25, 0.3) is 0 Å². The summed E-state index contributed by atoms with van der Waals surface area (Å²) in [6.45, 7) is -0.00873. The number of Topliss-reactive ketones (excluding diaryl/α,β-unsaturated/α-hetero) is 1. The first kappa shape index (κ1) is 13.5. The second-order valence-corrected chi connectivity index (χ2v) is 4.20. The first-order valence-electron chi connectivity index (χ1n) is 6.17. The first-order valence-corrected chi connectivity index (χ1v) is 6.17. The van der Waals surface area contributed by atoms with Crippen LogP contribution in [0.5, 0.6) is 0 Å². The molecule has 0 fully saturated rings. The molecule has 1 unspecified atom stereocenters. The molecule has 98 valence electrons. The van der Waals surface area contributed by atoms with Gasteiger partial charge in [-0.15, -0.1) is 0 Å². The summed E-state index contributed by atoms with van der Waals surface area (Å²) in [7, 11) is 0. The van der Waals surface area contributed by atoms with Gasteiger partial charge in [-0.2, -0.15) is 0 Å². The van der Waals surface area contributed by atoms with E-state index >= 15 is 0 Å². The number of ketones is 1. The first-order chi connectivity index (χ1) is 9.31. The molecule has 19 heavy (non-hydrogen) atoms. The Kier molecular flexibility index (Phi) is 4.84. The van der Waals surface area contributed by atoms with Crippen molar-refractivity contribution in [3.8, 4) is 0 Å². The van der Waals surface area contributed by atoms with Crippen LogP contribution in [0.3, 0.4) is 0 Å². The van der Waals surface area contributed by atoms with E-state index in [1.165, 1.54) is 0 Å². The van der Waals surface area contributed by atoms with Gasteiger partial charge in [-0.3, -0.25) is 4.79 Å². The normalized spacial score (nSPS) is 12.1. The zero-order valence-electron chi connectivity index (χ0n) is 10.5. The third kappa shape index (κ3) is 3.74. The number of hydrogen-bond donors (Lipinski definition) is 1. The predicted molar refractivity (Wildman–Crippen MR) is 72.9 cm³/mol. The number of benzene rings is 2. The molecule has 3 nitrogen and oxygen atoms in total. The Morgan fingerprint density at radius 2 is 1.58 bits per heavy atom. The summed E-state index contributed by atoms with van der Waals surface area (Å²) < 4.78 is 5.49. The van der Waals surface area contributed by atoms with Crippen LogP contribution in [0.4, 0.5) is 0 Å². The Bertz CT molecular complexity index is 508. The van der Waals surface area contributed by atoms with Gasteiger partial charge >= 0.3 is 0 Å². The Balaban J connectivity index is 1.99. The van der Waals surface area contributed by atoms with Crippen molar-refractivity contribution in [2.24, 2.45) is 0 Å². The lowest BCUT2D eigenvalue weighted by molar-refractivity contribution is 0.00916. The van der Waals surface area contributed by atoms with E-state index < -0.39 is 6.10 Å². The summed E-state index contributed by atoms with van der Waals surface area (Å²) in [5, 5.41) is 9.29. The van der Waals surface area contributed by atoms with E-state index in [-0.39, 0.29) is 12.4 Å². The number of aliphatic hydroxyl groups excluding tert-OH is 1. The maximum atomic E-state index is 12.1. The Hall–Kier alpha value is -1.97. The molecule has 1 N–H and O–H groups in total. The van der Waals surface area contributed by atoms with Gasteiger partial charge in [-0.05, 0) is 5.56 Å². The monoisotopic (exact) mass is 256 g/mol. The zero-order valence-corrected chi connectivity index (χ0v) is 10.5. The van der Waals surface area contributed by atoms with Crippen molar-refractivity contribution in [2.45, 2.75) is 12.7 Å². The summed E-state index contributed by atoms with van der Waals surface area (Å²) in [5.41, 5.74) is 1.52. The Labute approximate surface area is 112 Å². The Morgan fingerprint density at radius 3 is 2.16 bits per heavy atom. The van der Waals surface area contributed by atoms with Crippen LogP contribution in [-0.2, 0) is 11.3 Å². The van der Waals surface area contributed by atoms with Gasteiger partial charge in [0.1, 0.15) is 6.10 Å². The van der Waals surface area contributed by atoms with Gasteiger partial charge in [-0.1, -0.05) is 60.7 Å². The van der Waals surface area contributed by atoms with Crippen molar-refractivity contribution in [1.82, 2.24) is 0 Å². The molecule has 2 aromatic rings. The van der Waals surface area contributed by atoms with E-state index in [0.717, 1.165) is 5.56 Å². The van der Waals surface area contributed by atoms with Crippen molar-refractivity contribution in [1.29, 1.82) is 0 Å². The molecular weight excluding hydrogens is 240 g/mol. The molecule has 0 saturated carbocycles. The molecule has 1 atom stereocenters. The van der Waals surface area contributed by atoms with Crippen molar-refractivity contribution < 1.29 is 14.6 Å². The fourth-order valence-electron chi connectivity index (χ4n) is 1.77. The van der Waals surface area contributed by atoms with Crippen LogP contribution in [0.1, 0.15) is 15.9 Å². The number of carbonyl (C=O) groups excluding carboxylic acids is 1. The lowest BCUT2D eigenvalue weighted by Crippen LogP contribution is -2.28. The van der Waals surface area contributed by atoms with Crippen LogP contribution in [0, 0.1) is 0 Å². The van der Waals surface area contributed by atoms with Crippen LogP contribution in [0.2, 0.25) is 0 Å². The van der Waals surface area contributed by atoms with Gasteiger partial charge < -0.3 is 9.84 Å². The largest absolute Gasteiger partial charge is 0.393 e. The van der Waals surface area contributed by atoms with Crippen LogP contribution in [-0.4, -0.2) is 23.6 Å². The predicted octanol–water partition coefficient (Wildman–Crippen LogP) is 2.45. The number of carbonyl (C=O) groups is 1. The van der Waals surface area contributed by atoms with Crippen molar-refractivity contribution >= 4 is 5.78 Å². The van der Waals surface area contributed by atoms with E-state index in [2.05, 4.69) is 0 Å². The minimum absolute atomic E-state index is 0.195. The molecule has 2 aromatic carbocycles. The summed E-state index contributed by atoms with van der Waals surface area (Å²) in [6, 6.07) is 18.4. The molecule has 0 amide bonds. The highest BCUT2D eigenvalue weighted by Crippen LogP contribution is 2.09. The average Bonchev–Trinajstić information content (AvgIpc) is 2.49. The van der Waals surface area contributed by atoms with Crippen LogP contribution in [0.15, 0.2) is 60.7 Å². The van der Waals surface area contributed by atoms with E-state index in [1.807, 2.05) is 36.4 Å². The lowest BCUT2D eigenvalue weighted by atomic mass is 10.1. The molecular formula is C16H16O3. The average molecular weight is 256 g/mol. The third-order valence-corrected chi connectivity index (χ3v) is 2.81. The number of rotatable bonds is 6. The van der Waals surface area contributed by atoms with Gasteiger partial charge in [0, 0.05) is 5.56 Å². The van der Waals surface area contributed by atoms with Crippen LogP contribution < -0.4 is 0 Å². The Morgan fingerprint density at radius 1 is 1.00 bits per heavy atom. The van der Waals surface area contributed by atoms with Crippen molar-refractivity contribution in [2.75, 3.05) is 6.61 Å². The highest BCUT2D eigenvalue weighted by Gasteiger charge is 2.19. The summed E-state index contributed by atoms with van der Waals surface area (Å²) in [6.07, 6.45) is -0.817. The van der Waals surface area contributed by atoms with Gasteiger partial charge in [-0.25, -0.2) is 0 Å². The minimum Gasteiger partial charge on any atom is -0.393 e. The number of hydrogen-bond acceptors (Lipinski definition) is 3. The molecule has 0 bridgehead atoms. The molecule has 0 aliphatic heterocycles. The smallest absolute Gasteiger partial charge is 0.193 e. The molecule has 0 heterocycles. The van der Waals surface area contributed by atoms with Gasteiger partial charge in [0.2, 0.25) is 0 Å². The van der Waals surface area contributed by atoms with Crippen LogP contribution in [0.25, 0.3) is 0 Å². The fourth-order valence-corrected chi connectivity index (χ4v) is 1.77. The quantitative estimate of drug-likeness (QED) is 0.807. The highest BCUT2D eigenvalue weighted by molar-refractivity contribution is 5.99. The maximum absolute atomic E-state index is 12.1. The molecule has 0 spiro atoms. The second kappa shape index (κ2) is 6.83. The lowest BCUT2D eigenvalue weighted by Gasteiger charge is -2.14. The third-order valence-electron chi connectivity index (χ3n) is 2.81. The van der Waals surface area contributed by atoms with Crippen LogP contribution >= 0.6 is 0 Å². The van der Waals surface area contributed by atoms with Crippen molar-refractivity contribution in [3.05, 3.63) is 71.8 Å². The molecule has 3 heteroatoms. The standard InChI is InChI=1S/C16H16O3/c17-11-15(16(18)14-9-5-2-6-10-14)19-12-13-7-3-1-4-8-13/h1-10,15,17H,11-12H2. The van der Waals surface area contributed by atoms with Gasteiger partial charge in [0.05, 0.1) is 13.2 Å². The van der Waals surface area contributed by atoms with Crippen molar-refractivity contribution in [3.63, 3.8) is 0 Å². The van der Waals surface area contributed by atoms with E-state index in [1.54, 1.807) is 24.3 Å². The topological polar surface area (TPSA) is 46.5 Å². The summed E-state index contributed by atoms with van der Waals surface area (Å²) in [5.74, 6) is -0.195. The minimum atomic E-state index is -0.817. The number of ether oxygens (including phenoxy) is 1. The summed E-state index contributed by atoms with van der Waals surface area (Å²) >= 11 is 0. The zero-order chi connectivity index (χ0) is 13.5. The molecule has 0 aliphatic carbocycles. The van der Waals surface area contributed by atoms with E-state index in [4.69, 9.17) is 4.74 Å². The number of aliphatic hydroxyl groups is 1. The molecule has 2 rings (SSSR count). The molecule has 0 aliphatic rings. The maximum Gasteiger partial charge on any atom is 0.193 e. The van der Waals surface area contributed by atoms with E-state index in [0.29, 0.717) is 12.2 Å².